The van der Waals surface area contributed by atoms with E-state index in [1.807, 2.05) is 30.5 Å². The Hall–Kier alpha value is -1.56. The lowest BCUT2D eigenvalue weighted by Crippen LogP contribution is -2.33. The molecule has 0 aliphatic carbocycles. The van der Waals surface area contributed by atoms with Crippen LogP contribution in [0.3, 0.4) is 0 Å². The maximum Gasteiger partial charge on any atom is 0.157 e. The number of phenolic OH excluding ortho intramolecular Hbond substituents is 2. The van der Waals surface area contributed by atoms with E-state index < -0.39 is 0 Å². The molecule has 2 aromatic rings. The molecule has 6 heteroatoms. The van der Waals surface area contributed by atoms with Crippen molar-refractivity contribution in [3.05, 3.63) is 47.5 Å². The van der Waals surface area contributed by atoms with Gasteiger partial charge in [-0.05, 0) is 66.7 Å². The quantitative estimate of drug-likeness (QED) is 0.580. The van der Waals surface area contributed by atoms with Gasteiger partial charge in [-0.2, -0.15) is 0 Å². The average Bonchev–Trinajstić information content (AvgIpc) is 2.54. The summed E-state index contributed by atoms with van der Waals surface area (Å²) >= 11 is 1.70. The van der Waals surface area contributed by atoms with Crippen molar-refractivity contribution in [2.24, 2.45) is 0 Å². The molecule has 1 aliphatic heterocycles. The van der Waals surface area contributed by atoms with Gasteiger partial charge in [-0.15, -0.1) is 24.2 Å². The zero-order chi connectivity index (χ0) is 15.5. The van der Waals surface area contributed by atoms with Crippen LogP contribution in [0.5, 0.6) is 17.2 Å². The van der Waals surface area contributed by atoms with E-state index in [9.17, 15) is 10.2 Å². The molecule has 0 aromatic heterocycles. The Balaban J connectivity index is 0.00000192. The van der Waals surface area contributed by atoms with Gasteiger partial charge in [-0.3, -0.25) is 0 Å². The highest BCUT2D eigenvalue weighted by molar-refractivity contribution is 7.98. The van der Waals surface area contributed by atoms with Crippen molar-refractivity contribution in [1.82, 2.24) is 5.32 Å². The Morgan fingerprint density at radius 1 is 1.17 bits per heavy atom. The van der Waals surface area contributed by atoms with Crippen LogP contribution in [-0.2, 0) is 6.42 Å². The van der Waals surface area contributed by atoms with Gasteiger partial charge in [-0.1, -0.05) is 0 Å². The molecule has 1 atom stereocenters. The molecule has 124 valence electrons. The number of aromatic hydroxyl groups is 2. The van der Waals surface area contributed by atoms with Crippen LogP contribution in [-0.4, -0.2) is 29.6 Å². The van der Waals surface area contributed by atoms with Crippen LogP contribution in [0.2, 0.25) is 0 Å². The Morgan fingerprint density at radius 2 is 1.87 bits per heavy atom. The molecular weight excluding hydrogens is 334 g/mol. The molecule has 4 nitrogen and oxygen atoms in total. The van der Waals surface area contributed by atoms with Gasteiger partial charge in [-0.25, -0.2) is 0 Å². The van der Waals surface area contributed by atoms with E-state index in [1.54, 1.807) is 23.9 Å². The van der Waals surface area contributed by atoms with Gasteiger partial charge in [0, 0.05) is 4.90 Å². The van der Waals surface area contributed by atoms with Crippen LogP contribution in [0.25, 0.3) is 0 Å². The predicted molar refractivity (Wildman–Crippen MR) is 95.2 cm³/mol. The van der Waals surface area contributed by atoms with Crippen LogP contribution in [0.15, 0.2) is 41.3 Å². The first-order valence-electron chi connectivity index (χ1n) is 7.22. The molecule has 1 unspecified atom stereocenters. The number of thioether (sulfide) groups is 1. The molecule has 0 saturated carbocycles. The largest absolute Gasteiger partial charge is 0.504 e. The molecule has 0 spiro atoms. The summed E-state index contributed by atoms with van der Waals surface area (Å²) in [5.41, 5.74) is 2.04. The molecular formula is C17H20ClNO3S. The third-order valence-corrected chi connectivity index (χ3v) is 4.62. The second kappa shape index (κ2) is 7.81. The number of fused-ring (bicyclic) bond motifs is 1. The fraction of sp³-hybridized carbons (Fsp3) is 0.294. The van der Waals surface area contributed by atoms with E-state index in [-0.39, 0.29) is 29.9 Å². The lowest BCUT2D eigenvalue weighted by atomic mass is 9.94. The number of benzene rings is 2. The molecule has 23 heavy (non-hydrogen) atoms. The molecule has 0 fully saturated rings. The Kier molecular flexibility index (Phi) is 6.04. The number of nitrogens with one attached hydrogen (secondary N) is 1. The fourth-order valence-electron chi connectivity index (χ4n) is 2.67. The molecule has 3 rings (SSSR count). The van der Waals surface area contributed by atoms with E-state index in [4.69, 9.17) is 4.74 Å². The third kappa shape index (κ3) is 4.05. The first kappa shape index (κ1) is 17.8. The van der Waals surface area contributed by atoms with Crippen LogP contribution < -0.4 is 10.1 Å². The Labute approximate surface area is 146 Å². The normalized spacial score (nSPS) is 16.3. The topological polar surface area (TPSA) is 61.7 Å². The first-order chi connectivity index (χ1) is 10.7. The van der Waals surface area contributed by atoms with Crippen molar-refractivity contribution in [1.29, 1.82) is 0 Å². The zero-order valence-electron chi connectivity index (χ0n) is 12.8. The minimum Gasteiger partial charge on any atom is -0.504 e. The second-order valence-corrected chi connectivity index (χ2v) is 6.16. The lowest BCUT2D eigenvalue weighted by Gasteiger charge is -2.27. The third-order valence-electron chi connectivity index (χ3n) is 3.87. The van der Waals surface area contributed by atoms with Crippen LogP contribution in [0.4, 0.5) is 0 Å². The number of hydrogen-bond acceptors (Lipinski definition) is 5. The lowest BCUT2D eigenvalue weighted by molar-refractivity contribution is 0.260. The van der Waals surface area contributed by atoms with Crippen molar-refractivity contribution in [3.63, 3.8) is 0 Å². The summed E-state index contributed by atoms with van der Waals surface area (Å²) in [6.45, 7) is 1.31. The van der Waals surface area contributed by atoms with Crippen molar-refractivity contribution in [2.75, 3.05) is 19.4 Å². The highest BCUT2D eigenvalue weighted by Crippen LogP contribution is 2.34. The Morgan fingerprint density at radius 3 is 2.57 bits per heavy atom. The summed E-state index contributed by atoms with van der Waals surface area (Å²) in [5, 5.41) is 22.7. The number of halogens is 1. The van der Waals surface area contributed by atoms with Crippen molar-refractivity contribution in [3.8, 4) is 17.2 Å². The predicted octanol–water partition coefficient (Wildman–Crippen LogP) is 3.51. The highest BCUT2D eigenvalue weighted by atomic mass is 35.5. The van der Waals surface area contributed by atoms with Crippen LogP contribution in [0.1, 0.15) is 17.2 Å². The van der Waals surface area contributed by atoms with E-state index in [1.165, 1.54) is 4.90 Å². The van der Waals surface area contributed by atoms with Crippen LogP contribution >= 0.6 is 24.2 Å². The SMILES string of the molecule is CSc1ccc(OCC2NCCc3cc(O)c(O)cc32)cc1.Cl. The minimum atomic E-state index is -0.0863. The van der Waals surface area contributed by atoms with E-state index in [0.717, 1.165) is 29.8 Å². The summed E-state index contributed by atoms with van der Waals surface area (Å²) < 4.78 is 5.86. The maximum absolute atomic E-state index is 9.72. The van der Waals surface area contributed by atoms with E-state index >= 15 is 0 Å². The van der Waals surface area contributed by atoms with Gasteiger partial charge < -0.3 is 20.3 Å². The molecule has 0 amide bonds. The van der Waals surface area contributed by atoms with E-state index in [2.05, 4.69) is 5.32 Å². The summed E-state index contributed by atoms with van der Waals surface area (Å²) in [7, 11) is 0. The van der Waals surface area contributed by atoms with Crippen molar-refractivity contribution < 1.29 is 14.9 Å². The van der Waals surface area contributed by atoms with Gasteiger partial charge in [0.05, 0.1) is 6.04 Å². The fourth-order valence-corrected chi connectivity index (χ4v) is 3.08. The van der Waals surface area contributed by atoms with Gasteiger partial charge >= 0.3 is 0 Å². The Bertz CT molecular complexity index is 664. The van der Waals surface area contributed by atoms with Crippen molar-refractivity contribution >= 4 is 24.2 Å². The highest BCUT2D eigenvalue weighted by Gasteiger charge is 2.22. The van der Waals surface area contributed by atoms with Gasteiger partial charge in [0.1, 0.15) is 12.4 Å². The summed E-state index contributed by atoms with van der Waals surface area (Å²) in [6, 6.07) is 11.3. The molecule has 2 aromatic carbocycles. The number of hydrogen-bond donors (Lipinski definition) is 3. The molecule has 3 N–H and O–H groups in total. The van der Waals surface area contributed by atoms with Gasteiger partial charge in [0.25, 0.3) is 0 Å². The summed E-state index contributed by atoms with van der Waals surface area (Å²) in [5.74, 6) is 0.680. The van der Waals surface area contributed by atoms with Crippen molar-refractivity contribution in [2.45, 2.75) is 17.4 Å². The smallest absolute Gasteiger partial charge is 0.157 e. The maximum atomic E-state index is 9.72. The van der Waals surface area contributed by atoms with E-state index in [0.29, 0.717) is 6.61 Å². The number of phenols is 2. The average molecular weight is 354 g/mol. The van der Waals surface area contributed by atoms with Crippen LogP contribution in [0, 0.1) is 0 Å². The number of rotatable bonds is 4. The standard InChI is InChI=1S/C17H19NO3S.ClH/c1-22-13-4-2-12(3-5-13)21-10-15-14-9-17(20)16(19)8-11(14)6-7-18-15;/h2-5,8-9,15,18-20H,6-7,10H2,1H3;1H. The van der Waals surface area contributed by atoms with Gasteiger partial charge in [0.15, 0.2) is 11.5 Å². The zero-order valence-corrected chi connectivity index (χ0v) is 14.4. The molecule has 0 bridgehead atoms. The monoisotopic (exact) mass is 353 g/mol. The minimum absolute atomic E-state index is 0. The summed E-state index contributed by atoms with van der Waals surface area (Å²) in [6.07, 6.45) is 2.88. The summed E-state index contributed by atoms with van der Waals surface area (Å²) in [4.78, 5) is 1.20. The number of ether oxygens (including phenoxy) is 1. The second-order valence-electron chi connectivity index (χ2n) is 5.28. The molecule has 1 aliphatic rings. The van der Waals surface area contributed by atoms with Gasteiger partial charge in [0.2, 0.25) is 0 Å². The first-order valence-corrected chi connectivity index (χ1v) is 8.45. The molecule has 1 heterocycles. The molecule has 0 radical (unpaired) electrons. The molecule has 0 saturated heterocycles.